The molecule has 0 fully saturated rings. The Kier molecular flexibility index (Phi) is 14.6. The molecule has 6 heteroatoms. The molecule has 0 saturated carbocycles. The molecule has 0 aliphatic rings. The van der Waals surface area contributed by atoms with Crippen molar-refractivity contribution in [3.05, 3.63) is 18.0 Å². The first kappa shape index (κ1) is 21.2. The van der Waals surface area contributed by atoms with Gasteiger partial charge in [0.05, 0.1) is 6.54 Å². The molecular weight excluding hydrogens is 391 g/mol. The zero-order chi connectivity index (χ0) is 15.2. The van der Waals surface area contributed by atoms with Crippen LogP contribution < -0.4 is 10.6 Å². The molecule has 0 saturated heterocycles. The number of nitrogens with zero attached hydrogens (tertiary/aromatic N) is 2. The molecule has 1 heterocycles. The summed E-state index contributed by atoms with van der Waals surface area (Å²) in [5, 5.41) is 10.5. The largest absolute Gasteiger partial charge is 0.364 e. The fourth-order valence-electron chi connectivity index (χ4n) is 2.11. The van der Waals surface area contributed by atoms with Crippen LogP contribution in [0.25, 0.3) is 0 Å². The highest BCUT2D eigenvalue weighted by atomic mass is 127. The van der Waals surface area contributed by atoms with Crippen LogP contribution in [0.15, 0.2) is 21.8 Å². The molecule has 0 amide bonds. The van der Waals surface area contributed by atoms with Crippen molar-refractivity contribution < 1.29 is 4.52 Å². The molecule has 0 aromatic carbocycles. The predicted octanol–water partition coefficient (Wildman–Crippen LogP) is 4.10. The Balaban J connectivity index is 0.00000441. The van der Waals surface area contributed by atoms with Gasteiger partial charge in [0.25, 0.3) is 0 Å². The van der Waals surface area contributed by atoms with Crippen molar-refractivity contribution in [2.24, 2.45) is 4.99 Å². The van der Waals surface area contributed by atoms with E-state index in [-0.39, 0.29) is 24.0 Å². The van der Waals surface area contributed by atoms with Gasteiger partial charge in [0.1, 0.15) is 12.0 Å². The minimum atomic E-state index is 0. The highest BCUT2D eigenvalue weighted by molar-refractivity contribution is 14.0. The summed E-state index contributed by atoms with van der Waals surface area (Å²) in [6.07, 6.45) is 10.8. The summed E-state index contributed by atoms with van der Waals surface area (Å²) < 4.78 is 4.80. The summed E-state index contributed by atoms with van der Waals surface area (Å²) in [6, 6.07) is 1.84. The third-order valence-corrected chi connectivity index (χ3v) is 3.31. The monoisotopic (exact) mass is 422 g/mol. The molecule has 1 aromatic heterocycles. The number of rotatable bonds is 11. The zero-order valence-corrected chi connectivity index (χ0v) is 16.3. The van der Waals surface area contributed by atoms with Crippen LogP contribution >= 0.6 is 24.0 Å². The smallest absolute Gasteiger partial charge is 0.191 e. The molecule has 0 unspecified atom stereocenters. The lowest BCUT2D eigenvalue weighted by Gasteiger charge is -2.10. The second-order valence-corrected chi connectivity index (χ2v) is 5.23. The van der Waals surface area contributed by atoms with Gasteiger partial charge >= 0.3 is 0 Å². The van der Waals surface area contributed by atoms with Crippen LogP contribution in [0.5, 0.6) is 0 Å². The molecule has 0 aliphatic carbocycles. The molecule has 0 aliphatic heterocycles. The molecule has 0 atom stereocenters. The van der Waals surface area contributed by atoms with E-state index in [0.717, 1.165) is 24.7 Å². The van der Waals surface area contributed by atoms with E-state index in [1.54, 1.807) is 6.26 Å². The van der Waals surface area contributed by atoms with Gasteiger partial charge in [0.15, 0.2) is 5.96 Å². The minimum Gasteiger partial charge on any atom is -0.364 e. The molecule has 0 spiro atoms. The average Bonchev–Trinajstić information content (AvgIpc) is 3.00. The van der Waals surface area contributed by atoms with Gasteiger partial charge in [-0.05, 0) is 13.3 Å². The second kappa shape index (κ2) is 15.1. The van der Waals surface area contributed by atoms with Crippen molar-refractivity contribution in [1.82, 2.24) is 15.8 Å². The highest BCUT2D eigenvalue weighted by Gasteiger charge is 1.99. The van der Waals surface area contributed by atoms with E-state index in [1.165, 1.54) is 44.9 Å². The number of unbranched alkanes of at least 4 members (excludes halogenated alkanes) is 6. The fourth-order valence-corrected chi connectivity index (χ4v) is 2.11. The SMILES string of the molecule is CCCCCCCCCNC(=NCc1ccon1)NCC.I. The van der Waals surface area contributed by atoms with Gasteiger partial charge in [-0.15, -0.1) is 24.0 Å². The summed E-state index contributed by atoms with van der Waals surface area (Å²) >= 11 is 0. The van der Waals surface area contributed by atoms with Gasteiger partial charge in [-0.3, -0.25) is 0 Å². The van der Waals surface area contributed by atoms with Gasteiger partial charge in [0.2, 0.25) is 0 Å². The summed E-state index contributed by atoms with van der Waals surface area (Å²) in [5.41, 5.74) is 0.850. The van der Waals surface area contributed by atoms with Crippen LogP contribution in [0.4, 0.5) is 0 Å². The van der Waals surface area contributed by atoms with E-state index in [0.29, 0.717) is 6.54 Å². The Hall–Kier alpha value is -0.790. The lowest BCUT2D eigenvalue weighted by Crippen LogP contribution is -2.37. The molecular formula is C16H31IN4O. The lowest BCUT2D eigenvalue weighted by atomic mass is 10.1. The fraction of sp³-hybridized carbons (Fsp3) is 0.750. The molecule has 5 nitrogen and oxygen atoms in total. The number of aliphatic imine (C=N–C) groups is 1. The first-order chi connectivity index (χ1) is 10.4. The number of guanidine groups is 1. The van der Waals surface area contributed by atoms with Crippen molar-refractivity contribution >= 4 is 29.9 Å². The van der Waals surface area contributed by atoms with Gasteiger partial charge in [0, 0.05) is 19.2 Å². The molecule has 1 rings (SSSR count). The van der Waals surface area contributed by atoms with Crippen molar-refractivity contribution in [1.29, 1.82) is 0 Å². The Morgan fingerprint density at radius 2 is 1.82 bits per heavy atom. The maximum atomic E-state index is 4.80. The summed E-state index contributed by atoms with van der Waals surface area (Å²) in [4.78, 5) is 4.49. The van der Waals surface area contributed by atoms with E-state index in [4.69, 9.17) is 4.52 Å². The molecule has 22 heavy (non-hydrogen) atoms. The molecule has 0 radical (unpaired) electrons. The normalized spacial score (nSPS) is 11.1. The minimum absolute atomic E-state index is 0. The molecule has 0 bridgehead atoms. The first-order valence-electron chi connectivity index (χ1n) is 8.28. The Bertz CT molecular complexity index is 368. The number of halogens is 1. The maximum Gasteiger partial charge on any atom is 0.191 e. The topological polar surface area (TPSA) is 62.5 Å². The molecule has 128 valence electrons. The first-order valence-corrected chi connectivity index (χ1v) is 8.28. The Labute approximate surface area is 151 Å². The molecule has 2 N–H and O–H groups in total. The van der Waals surface area contributed by atoms with E-state index in [1.807, 2.05) is 6.07 Å². The maximum absolute atomic E-state index is 4.80. The predicted molar refractivity (Wildman–Crippen MR) is 103 cm³/mol. The van der Waals surface area contributed by atoms with Crippen molar-refractivity contribution in [3.63, 3.8) is 0 Å². The van der Waals surface area contributed by atoms with Crippen LogP contribution in [-0.2, 0) is 6.54 Å². The van der Waals surface area contributed by atoms with Crippen LogP contribution in [-0.4, -0.2) is 24.2 Å². The van der Waals surface area contributed by atoms with Crippen LogP contribution in [0, 0.1) is 0 Å². The Morgan fingerprint density at radius 1 is 1.09 bits per heavy atom. The molecule has 1 aromatic rings. The van der Waals surface area contributed by atoms with Crippen LogP contribution in [0.1, 0.15) is 64.5 Å². The van der Waals surface area contributed by atoms with Crippen molar-refractivity contribution in [3.8, 4) is 0 Å². The quantitative estimate of drug-likeness (QED) is 0.244. The number of hydrogen-bond donors (Lipinski definition) is 2. The zero-order valence-electron chi connectivity index (χ0n) is 13.9. The van der Waals surface area contributed by atoms with Gasteiger partial charge in [-0.2, -0.15) is 0 Å². The standard InChI is InChI=1S/C16H30N4O.HI/c1-3-5-6-7-8-9-10-12-18-16(17-4-2)19-14-15-11-13-21-20-15;/h11,13H,3-10,12,14H2,1-2H3,(H2,17,18,19);1H. The Morgan fingerprint density at radius 3 is 2.45 bits per heavy atom. The third kappa shape index (κ3) is 10.9. The lowest BCUT2D eigenvalue weighted by molar-refractivity contribution is 0.412. The number of hydrogen-bond acceptors (Lipinski definition) is 3. The van der Waals surface area contributed by atoms with E-state index >= 15 is 0 Å². The average molecular weight is 422 g/mol. The third-order valence-electron chi connectivity index (χ3n) is 3.31. The van der Waals surface area contributed by atoms with E-state index < -0.39 is 0 Å². The van der Waals surface area contributed by atoms with Gasteiger partial charge in [-0.25, -0.2) is 4.99 Å². The van der Waals surface area contributed by atoms with Gasteiger partial charge < -0.3 is 15.2 Å². The summed E-state index contributed by atoms with van der Waals surface area (Å²) in [7, 11) is 0. The summed E-state index contributed by atoms with van der Waals surface area (Å²) in [6.45, 7) is 6.70. The van der Waals surface area contributed by atoms with E-state index in [9.17, 15) is 0 Å². The van der Waals surface area contributed by atoms with Crippen molar-refractivity contribution in [2.75, 3.05) is 13.1 Å². The van der Waals surface area contributed by atoms with E-state index in [2.05, 4.69) is 34.6 Å². The second-order valence-electron chi connectivity index (χ2n) is 5.23. The number of aromatic nitrogens is 1. The summed E-state index contributed by atoms with van der Waals surface area (Å²) in [5.74, 6) is 0.853. The van der Waals surface area contributed by atoms with Crippen molar-refractivity contribution in [2.45, 2.75) is 65.3 Å². The van der Waals surface area contributed by atoms with Gasteiger partial charge in [-0.1, -0.05) is 50.6 Å². The number of nitrogens with one attached hydrogen (secondary N) is 2. The van der Waals surface area contributed by atoms with Crippen LogP contribution in [0.3, 0.4) is 0 Å². The van der Waals surface area contributed by atoms with Crippen LogP contribution in [0.2, 0.25) is 0 Å². The highest BCUT2D eigenvalue weighted by Crippen LogP contribution is 2.06.